The molecule has 1 fully saturated rings. The highest BCUT2D eigenvalue weighted by molar-refractivity contribution is 7.16. The summed E-state index contributed by atoms with van der Waals surface area (Å²) in [7, 11) is 1.93. The number of carbonyl (C=O) groups excluding carboxylic acids is 1. The van der Waals surface area contributed by atoms with E-state index >= 15 is 0 Å². The maximum absolute atomic E-state index is 13.5. The van der Waals surface area contributed by atoms with Gasteiger partial charge in [0.25, 0.3) is 0 Å². The van der Waals surface area contributed by atoms with Crippen LogP contribution in [0.3, 0.4) is 0 Å². The van der Waals surface area contributed by atoms with E-state index in [4.69, 9.17) is 14.8 Å². The van der Waals surface area contributed by atoms with Crippen LogP contribution in [-0.2, 0) is 11.2 Å². The molecule has 0 saturated carbocycles. The molecule has 214 valence electrons. The van der Waals surface area contributed by atoms with E-state index < -0.39 is 5.60 Å². The van der Waals surface area contributed by atoms with Crippen LogP contribution in [0, 0.1) is 24.1 Å². The van der Waals surface area contributed by atoms with E-state index in [1.54, 1.807) is 17.0 Å². The fourth-order valence-corrected chi connectivity index (χ4v) is 5.89. The molecule has 1 saturated heterocycles. The molecule has 0 radical (unpaired) electrons. The molecule has 0 spiro atoms. The zero-order valence-corrected chi connectivity index (χ0v) is 25.0. The van der Waals surface area contributed by atoms with E-state index in [9.17, 15) is 14.4 Å². The van der Waals surface area contributed by atoms with Crippen LogP contribution >= 0.6 is 11.3 Å². The van der Waals surface area contributed by atoms with Crippen LogP contribution in [0.25, 0.3) is 16.8 Å². The second-order valence-corrected chi connectivity index (χ2v) is 12.1. The number of ether oxygens (including phenoxy) is 1. The lowest BCUT2D eigenvalue weighted by Gasteiger charge is -2.37. The number of hydrogen-bond donors (Lipinski definition) is 0. The summed E-state index contributed by atoms with van der Waals surface area (Å²) >= 11 is 1.30. The summed E-state index contributed by atoms with van der Waals surface area (Å²) < 4.78 is 21.0. The molecule has 1 aliphatic heterocycles. The van der Waals surface area contributed by atoms with E-state index in [-0.39, 0.29) is 11.9 Å². The maximum atomic E-state index is 13.5. The molecule has 1 aliphatic rings. The Labute approximate surface area is 243 Å². The summed E-state index contributed by atoms with van der Waals surface area (Å²) in [6.07, 6.45) is 2.47. The van der Waals surface area contributed by atoms with Gasteiger partial charge < -0.3 is 19.4 Å². The lowest BCUT2D eigenvalue weighted by molar-refractivity contribution is 0.0240. The van der Waals surface area contributed by atoms with E-state index in [1.165, 1.54) is 23.5 Å². The first kappa shape index (κ1) is 28.4. The number of aryl methyl sites for hydroxylation is 2. The molecule has 4 heterocycles. The van der Waals surface area contributed by atoms with E-state index in [0.717, 1.165) is 28.1 Å². The van der Waals surface area contributed by atoms with Gasteiger partial charge >= 0.3 is 6.09 Å². The number of rotatable bonds is 5. The quantitative estimate of drug-likeness (QED) is 0.281. The van der Waals surface area contributed by atoms with Crippen molar-refractivity contribution in [2.24, 2.45) is 0 Å². The molecule has 5 rings (SSSR count). The third-order valence-corrected chi connectivity index (χ3v) is 8.09. The Kier molecular flexibility index (Phi) is 7.62. The molecule has 3 aromatic heterocycles. The van der Waals surface area contributed by atoms with Crippen LogP contribution in [-0.4, -0.2) is 64.4 Å². The minimum absolute atomic E-state index is 0.281. The van der Waals surface area contributed by atoms with E-state index in [0.29, 0.717) is 53.9 Å². The average molecular weight is 576 g/mol. The molecule has 4 aromatic rings. The molecule has 9 nitrogen and oxygen atoms in total. The zero-order chi connectivity index (χ0) is 29.5. The van der Waals surface area contributed by atoms with Gasteiger partial charge in [0.05, 0.1) is 16.9 Å². The second kappa shape index (κ2) is 11.0. The SMILES string of the molecule is CCc1nn2cc(C)c(N3CCN(C(=O)OC(C)(C)C)CC3)cc2c1N(C)c1nc(-c2ccc(F)cc2)c(C#N)s1. The van der Waals surface area contributed by atoms with Gasteiger partial charge in [-0.05, 0) is 70.0 Å². The normalized spacial score (nSPS) is 13.9. The Morgan fingerprint density at radius 2 is 1.88 bits per heavy atom. The van der Waals surface area contributed by atoms with Crippen LogP contribution in [0.5, 0.6) is 0 Å². The third kappa shape index (κ3) is 5.70. The smallest absolute Gasteiger partial charge is 0.410 e. The van der Waals surface area contributed by atoms with Crippen LogP contribution in [0.15, 0.2) is 36.5 Å². The van der Waals surface area contributed by atoms with E-state index in [2.05, 4.69) is 30.9 Å². The molecular formula is C30H34FN7O2S. The van der Waals surface area contributed by atoms with Crippen molar-refractivity contribution in [2.45, 2.75) is 46.6 Å². The summed E-state index contributed by atoms with van der Waals surface area (Å²) in [5.41, 5.74) is 5.63. The number of nitrogens with zero attached hydrogens (tertiary/aromatic N) is 7. The molecule has 1 amide bonds. The van der Waals surface area contributed by atoms with Crippen LogP contribution in [0.1, 0.15) is 43.8 Å². The number of nitriles is 1. The number of thiazole rings is 1. The molecule has 0 atom stereocenters. The largest absolute Gasteiger partial charge is 0.444 e. The van der Waals surface area contributed by atoms with Crippen molar-refractivity contribution in [1.29, 1.82) is 5.26 Å². The Balaban J connectivity index is 1.47. The summed E-state index contributed by atoms with van der Waals surface area (Å²) in [5, 5.41) is 15.3. The lowest BCUT2D eigenvalue weighted by Crippen LogP contribution is -2.50. The topological polar surface area (TPSA) is 90.0 Å². The Bertz CT molecular complexity index is 1620. The van der Waals surface area contributed by atoms with Gasteiger partial charge in [-0.1, -0.05) is 18.3 Å². The molecule has 0 aliphatic carbocycles. The summed E-state index contributed by atoms with van der Waals surface area (Å²) in [5.74, 6) is -0.337. The van der Waals surface area contributed by atoms with Gasteiger partial charge in [-0.2, -0.15) is 10.4 Å². The minimum Gasteiger partial charge on any atom is -0.444 e. The monoisotopic (exact) mass is 575 g/mol. The highest BCUT2D eigenvalue weighted by Gasteiger charge is 2.28. The van der Waals surface area contributed by atoms with E-state index in [1.807, 2.05) is 43.4 Å². The number of pyridine rings is 1. The summed E-state index contributed by atoms with van der Waals surface area (Å²) in [4.78, 5) is 23.9. The number of halogens is 1. The van der Waals surface area contributed by atoms with Crippen molar-refractivity contribution in [3.63, 3.8) is 0 Å². The third-order valence-electron chi connectivity index (χ3n) is 7.05. The number of fused-ring (bicyclic) bond motifs is 1. The minimum atomic E-state index is -0.525. The number of hydrogen-bond acceptors (Lipinski definition) is 8. The van der Waals surface area contributed by atoms with Crippen molar-refractivity contribution >= 4 is 39.5 Å². The van der Waals surface area contributed by atoms with Gasteiger partial charge in [0.1, 0.15) is 28.1 Å². The zero-order valence-electron chi connectivity index (χ0n) is 24.2. The first-order valence-electron chi connectivity index (χ1n) is 13.6. The van der Waals surface area contributed by atoms with Crippen molar-refractivity contribution in [3.8, 4) is 17.3 Å². The molecule has 1 aromatic carbocycles. The Morgan fingerprint density at radius 3 is 2.49 bits per heavy atom. The van der Waals surface area contributed by atoms with Crippen molar-refractivity contribution in [1.82, 2.24) is 19.5 Å². The number of benzene rings is 1. The summed E-state index contributed by atoms with van der Waals surface area (Å²) in [6.45, 7) is 12.3. The first-order chi connectivity index (χ1) is 19.5. The van der Waals surface area contributed by atoms with Gasteiger partial charge in [-0.15, -0.1) is 0 Å². The highest BCUT2D eigenvalue weighted by atomic mass is 32.1. The predicted molar refractivity (Wildman–Crippen MR) is 160 cm³/mol. The number of carbonyl (C=O) groups is 1. The fourth-order valence-electron chi connectivity index (χ4n) is 5.04. The molecule has 0 bridgehead atoms. The predicted octanol–water partition coefficient (Wildman–Crippen LogP) is 6.16. The van der Waals surface area contributed by atoms with Crippen LogP contribution in [0.2, 0.25) is 0 Å². The van der Waals surface area contributed by atoms with Gasteiger partial charge in [-0.25, -0.2) is 18.7 Å². The lowest BCUT2D eigenvalue weighted by atomic mass is 10.1. The second-order valence-electron chi connectivity index (χ2n) is 11.1. The fraction of sp³-hybridized carbons (Fsp3) is 0.400. The Morgan fingerprint density at radius 1 is 1.20 bits per heavy atom. The molecule has 0 N–H and O–H groups in total. The summed E-state index contributed by atoms with van der Waals surface area (Å²) in [6, 6.07) is 10.4. The van der Waals surface area contributed by atoms with Crippen LogP contribution in [0.4, 0.5) is 25.7 Å². The maximum Gasteiger partial charge on any atom is 0.410 e. The average Bonchev–Trinajstić information content (AvgIpc) is 3.53. The molecule has 41 heavy (non-hydrogen) atoms. The van der Waals surface area contributed by atoms with Gasteiger partial charge in [0.2, 0.25) is 0 Å². The first-order valence-corrected chi connectivity index (χ1v) is 14.5. The molecule has 0 unspecified atom stereocenters. The van der Waals surface area contributed by atoms with Gasteiger partial charge in [-0.3, -0.25) is 0 Å². The molecular weight excluding hydrogens is 541 g/mol. The van der Waals surface area contributed by atoms with Crippen molar-refractivity contribution < 1.29 is 13.9 Å². The standard InChI is InChI=1S/C30H34FN7O2S/c1-7-22-27(35(6)28-33-26(25(17-32)41-28)20-8-10-21(31)11-9-20)24-16-23(19(2)18-38(24)34-22)36-12-14-37(15-13-36)29(39)40-30(3,4)5/h8-11,16,18H,7,12-15H2,1-6H3. The van der Waals surface area contributed by atoms with Crippen molar-refractivity contribution in [3.05, 3.63) is 58.5 Å². The molecule has 11 heteroatoms. The number of piperazine rings is 1. The van der Waals surface area contributed by atoms with Gasteiger partial charge in [0, 0.05) is 50.7 Å². The highest BCUT2D eigenvalue weighted by Crippen LogP contribution is 2.39. The Hall–Kier alpha value is -4.17. The van der Waals surface area contributed by atoms with Crippen molar-refractivity contribution in [2.75, 3.05) is 43.0 Å². The van der Waals surface area contributed by atoms with Crippen LogP contribution < -0.4 is 9.80 Å². The van der Waals surface area contributed by atoms with Gasteiger partial charge in [0.15, 0.2) is 5.13 Å². The number of anilines is 3. The number of aromatic nitrogens is 3. The number of amides is 1.